The number of amides is 1. The fraction of sp³-hybridized carbons (Fsp3) is 0.318. The molecule has 8 heteroatoms. The van der Waals surface area contributed by atoms with Crippen molar-refractivity contribution in [1.82, 2.24) is 24.2 Å². The average molecular weight is 403 g/mol. The molecule has 1 fully saturated rings. The summed E-state index contributed by atoms with van der Waals surface area (Å²) in [5.41, 5.74) is 1.49. The lowest BCUT2D eigenvalue weighted by Gasteiger charge is -2.18. The minimum absolute atomic E-state index is 0.0475. The number of likely N-dealkylation sites (tertiary alicyclic amines) is 1. The number of hydrogen-bond acceptors (Lipinski definition) is 5. The predicted octanol–water partition coefficient (Wildman–Crippen LogP) is 1.03. The van der Waals surface area contributed by atoms with E-state index in [0.29, 0.717) is 31.0 Å². The summed E-state index contributed by atoms with van der Waals surface area (Å²) >= 11 is 0. The van der Waals surface area contributed by atoms with Crippen molar-refractivity contribution in [2.45, 2.75) is 25.9 Å². The van der Waals surface area contributed by atoms with E-state index in [-0.39, 0.29) is 24.3 Å². The molecule has 0 N–H and O–H groups in total. The van der Waals surface area contributed by atoms with Crippen LogP contribution in [0.25, 0.3) is 0 Å². The summed E-state index contributed by atoms with van der Waals surface area (Å²) in [5.74, 6) is 0.592. The molecular weight excluding hydrogens is 382 g/mol. The molecule has 0 saturated carbocycles. The highest BCUT2D eigenvalue weighted by Gasteiger charge is 2.44. The van der Waals surface area contributed by atoms with E-state index in [2.05, 4.69) is 10.1 Å². The van der Waals surface area contributed by atoms with Crippen molar-refractivity contribution in [3.05, 3.63) is 92.0 Å². The van der Waals surface area contributed by atoms with Gasteiger partial charge in [-0.1, -0.05) is 29.8 Å². The second kappa shape index (κ2) is 7.05. The third-order valence-corrected chi connectivity index (χ3v) is 6.02. The maximum atomic E-state index is 12.8. The first-order chi connectivity index (χ1) is 14.5. The largest absolute Gasteiger partial charge is 0.338 e. The van der Waals surface area contributed by atoms with Gasteiger partial charge in [-0.25, -0.2) is 4.68 Å². The Morgan fingerprint density at radius 2 is 1.73 bits per heavy atom. The molecular formula is C22H21N5O3. The first-order valence-corrected chi connectivity index (χ1v) is 9.98. The molecule has 4 heterocycles. The van der Waals surface area contributed by atoms with Crippen molar-refractivity contribution >= 4 is 5.91 Å². The zero-order valence-electron chi connectivity index (χ0n) is 16.6. The summed E-state index contributed by atoms with van der Waals surface area (Å²) < 4.78 is 2.76. The summed E-state index contributed by atoms with van der Waals surface area (Å²) in [6.45, 7) is 3.70. The molecule has 8 nitrogen and oxygen atoms in total. The third kappa shape index (κ3) is 3.04. The lowest BCUT2D eigenvalue weighted by atomic mass is 10.00. The van der Waals surface area contributed by atoms with E-state index in [4.69, 9.17) is 0 Å². The lowest BCUT2D eigenvalue weighted by molar-refractivity contribution is 0.0782. The lowest BCUT2D eigenvalue weighted by Crippen LogP contribution is -2.44. The van der Waals surface area contributed by atoms with Crippen molar-refractivity contribution in [2.75, 3.05) is 13.1 Å². The summed E-state index contributed by atoms with van der Waals surface area (Å²) in [7, 11) is 0. The molecule has 0 aliphatic carbocycles. The number of aryl methyl sites for hydroxylation is 1. The number of rotatable bonds is 3. The van der Waals surface area contributed by atoms with Crippen LogP contribution in [0.15, 0.2) is 58.4 Å². The van der Waals surface area contributed by atoms with Crippen molar-refractivity contribution in [1.29, 1.82) is 0 Å². The van der Waals surface area contributed by atoms with E-state index >= 15 is 0 Å². The molecule has 2 aromatic heterocycles. The summed E-state index contributed by atoms with van der Waals surface area (Å²) in [5, 5.41) is 4.56. The number of hydrogen-bond donors (Lipinski definition) is 0. The molecule has 1 amide bonds. The van der Waals surface area contributed by atoms with Gasteiger partial charge in [0.15, 0.2) is 0 Å². The van der Waals surface area contributed by atoms with Gasteiger partial charge < -0.3 is 4.90 Å². The first kappa shape index (κ1) is 18.5. The average Bonchev–Trinajstić information content (AvgIpc) is 3.32. The van der Waals surface area contributed by atoms with Crippen LogP contribution in [0.1, 0.15) is 33.2 Å². The summed E-state index contributed by atoms with van der Waals surface area (Å²) in [6, 6.07) is 11.2. The Morgan fingerprint density at radius 1 is 1.00 bits per heavy atom. The van der Waals surface area contributed by atoms with Gasteiger partial charge in [0.1, 0.15) is 5.82 Å². The van der Waals surface area contributed by atoms with E-state index in [1.807, 2.05) is 31.2 Å². The fourth-order valence-corrected chi connectivity index (χ4v) is 4.40. The predicted molar refractivity (Wildman–Crippen MR) is 109 cm³/mol. The van der Waals surface area contributed by atoms with Gasteiger partial charge in [0.2, 0.25) is 0 Å². The Labute approximate surface area is 172 Å². The highest BCUT2D eigenvalue weighted by atomic mass is 16.2. The van der Waals surface area contributed by atoms with Crippen LogP contribution < -0.4 is 11.1 Å². The van der Waals surface area contributed by atoms with Crippen LogP contribution in [0.2, 0.25) is 0 Å². The second-order valence-corrected chi connectivity index (χ2v) is 8.03. The molecule has 152 valence electrons. The third-order valence-electron chi connectivity index (χ3n) is 6.02. The Morgan fingerprint density at radius 3 is 2.47 bits per heavy atom. The van der Waals surface area contributed by atoms with Crippen LogP contribution >= 0.6 is 0 Å². The Hall–Kier alpha value is -3.55. The van der Waals surface area contributed by atoms with Gasteiger partial charge >= 0.3 is 11.1 Å². The molecule has 0 unspecified atom stereocenters. The highest BCUT2D eigenvalue weighted by Crippen LogP contribution is 2.37. The molecule has 1 aromatic carbocycles. The van der Waals surface area contributed by atoms with Crippen molar-refractivity contribution in [3.8, 4) is 0 Å². The van der Waals surface area contributed by atoms with Crippen LogP contribution in [0, 0.1) is 12.8 Å². The number of aromatic nitrogens is 4. The zero-order valence-corrected chi connectivity index (χ0v) is 16.6. The van der Waals surface area contributed by atoms with Crippen LogP contribution in [-0.2, 0) is 13.1 Å². The number of carbonyl (C=O) groups is 1. The minimum atomic E-state index is -0.607. The molecule has 0 spiro atoms. The molecule has 3 aromatic rings. The molecule has 2 aliphatic rings. The normalized spacial score (nSPS) is 19.6. The first-order valence-electron chi connectivity index (χ1n) is 9.98. The molecule has 2 aliphatic heterocycles. The molecule has 0 radical (unpaired) electrons. The van der Waals surface area contributed by atoms with Gasteiger partial charge in [-0.05, 0) is 24.6 Å². The van der Waals surface area contributed by atoms with Crippen LogP contribution in [0.5, 0.6) is 0 Å². The number of benzene rings is 1. The van der Waals surface area contributed by atoms with Gasteiger partial charge in [-0.3, -0.25) is 23.9 Å². The van der Waals surface area contributed by atoms with Crippen molar-refractivity contribution in [2.24, 2.45) is 5.92 Å². The maximum Gasteiger partial charge on any atom is 0.332 e. The molecule has 5 rings (SSSR count). The van der Waals surface area contributed by atoms with Crippen LogP contribution in [0.3, 0.4) is 0 Å². The molecule has 2 atom stereocenters. The number of pyridine rings is 1. The van der Waals surface area contributed by atoms with Gasteiger partial charge in [0.25, 0.3) is 5.91 Å². The number of fused-ring (bicyclic) bond motifs is 3. The Bertz CT molecular complexity index is 1230. The van der Waals surface area contributed by atoms with E-state index in [1.165, 1.54) is 9.25 Å². The molecule has 0 bridgehead atoms. The van der Waals surface area contributed by atoms with Gasteiger partial charge in [0.05, 0.1) is 6.54 Å². The van der Waals surface area contributed by atoms with Crippen LogP contribution in [0.4, 0.5) is 0 Å². The maximum absolute atomic E-state index is 12.8. The van der Waals surface area contributed by atoms with E-state index in [1.54, 1.807) is 29.4 Å². The summed E-state index contributed by atoms with van der Waals surface area (Å²) in [4.78, 5) is 43.8. The summed E-state index contributed by atoms with van der Waals surface area (Å²) in [6.07, 6.45) is 3.20. The Kier molecular flexibility index (Phi) is 4.34. The smallest absolute Gasteiger partial charge is 0.332 e. The minimum Gasteiger partial charge on any atom is -0.338 e. The Balaban J connectivity index is 1.44. The SMILES string of the molecule is Cc1ccc(Cn2nc3n(c(=O)c2=O)C[C@@H]2CN(C(=O)c4ccncc4)C[C@@H]32)cc1. The topological polar surface area (TPSA) is 90.1 Å². The van der Waals surface area contributed by atoms with Crippen molar-refractivity contribution in [3.63, 3.8) is 0 Å². The highest BCUT2D eigenvalue weighted by molar-refractivity contribution is 5.94. The van der Waals surface area contributed by atoms with E-state index < -0.39 is 11.1 Å². The van der Waals surface area contributed by atoms with Gasteiger partial charge in [-0.2, -0.15) is 5.10 Å². The number of nitrogens with zero attached hydrogens (tertiary/aromatic N) is 5. The fourth-order valence-electron chi connectivity index (χ4n) is 4.40. The molecule has 30 heavy (non-hydrogen) atoms. The van der Waals surface area contributed by atoms with E-state index in [9.17, 15) is 14.4 Å². The van der Waals surface area contributed by atoms with Crippen LogP contribution in [-0.4, -0.2) is 43.2 Å². The van der Waals surface area contributed by atoms with Gasteiger partial charge in [-0.15, -0.1) is 0 Å². The van der Waals surface area contributed by atoms with Gasteiger partial charge in [0, 0.05) is 49.4 Å². The number of carbonyl (C=O) groups excluding carboxylic acids is 1. The second-order valence-electron chi connectivity index (χ2n) is 8.03. The zero-order chi connectivity index (χ0) is 20.8. The monoisotopic (exact) mass is 403 g/mol. The standard InChI is InChI=1S/C22H21N5O3/c1-14-2-4-15(5-3-14)10-27-22(30)21(29)26-12-17-11-25(13-18(17)19(26)24-27)20(28)16-6-8-23-9-7-16/h2-9,17-18H,10-13H2,1H3/t17-,18+/m0/s1. The van der Waals surface area contributed by atoms with E-state index in [0.717, 1.165) is 11.1 Å². The quantitative estimate of drug-likeness (QED) is 0.609. The molecule has 1 saturated heterocycles. The van der Waals surface area contributed by atoms with Crippen molar-refractivity contribution < 1.29 is 4.79 Å².